The minimum atomic E-state index is -0.394. The number of halogens is 1. The van der Waals surface area contributed by atoms with Gasteiger partial charge in [-0.3, -0.25) is 0 Å². The first-order chi connectivity index (χ1) is 7.04. The van der Waals surface area contributed by atoms with Gasteiger partial charge in [0.25, 0.3) is 0 Å². The molecule has 84 valence electrons. The van der Waals surface area contributed by atoms with Gasteiger partial charge in [0, 0.05) is 11.1 Å². The van der Waals surface area contributed by atoms with E-state index in [0.29, 0.717) is 29.2 Å². The summed E-state index contributed by atoms with van der Waals surface area (Å²) in [5.74, 6) is 0.464. The van der Waals surface area contributed by atoms with Gasteiger partial charge in [-0.05, 0) is 31.4 Å². The summed E-state index contributed by atoms with van der Waals surface area (Å²) in [6, 6.07) is 3.24. The Morgan fingerprint density at radius 3 is 2.67 bits per heavy atom. The highest BCUT2D eigenvalue weighted by molar-refractivity contribution is 6.30. The molecule has 0 spiro atoms. The molecule has 1 atom stereocenters. The van der Waals surface area contributed by atoms with Crippen LogP contribution in [0.3, 0.4) is 0 Å². The molecular formula is C11H15ClO3. The number of hydrogen-bond donors (Lipinski definition) is 2. The lowest BCUT2D eigenvalue weighted by atomic mass is 10.1. The number of methoxy groups -OCH3 is 1. The monoisotopic (exact) mass is 230 g/mol. The third-order valence-corrected chi connectivity index (χ3v) is 2.39. The molecule has 0 bridgehead atoms. The molecule has 1 aromatic carbocycles. The number of phenolic OH excluding ortho intramolecular Hbond substituents is 1. The fourth-order valence-corrected chi connectivity index (χ4v) is 1.57. The van der Waals surface area contributed by atoms with Crippen molar-refractivity contribution in [3.63, 3.8) is 0 Å². The molecule has 0 aliphatic heterocycles. The number of benzene rings is 1. The van der Waals surface area contributed by atoms with E-state index in [2.05, 4.69) is 0 Å². The van der Waals surface area contributed by atoms with Gasteiger partial charge >= 0.3 is 0 Å². The van der Waals surface area contributed by atoms with Gasteiger partial charge < -0.3 is 14.9 Å². The van der Waals surface area contributed by atoms with Crippen LogP contribution in [0.15, 0.2) is 12.1 Å². The predicted octanol–water partition coefficient (Wildman–Crippen LogP) is 2.37. The van der Waals surface area contributed by atoms with Gasteiger partial charge in [-0.15, -0.1) is 0 Å². The number of aryl methyl sites for hydroxylation is 1. The average molecular weight is 231 g/mol. The maximum Gasteiger partial charge on any atom is 0.162 e. The molecule has 0 saturated heterocycles. The Labute approximate surface area is 94.3 Å². The molecular weight excluding hydrogens is 216 g/mol. The predicted molar refractivity (Wildman–Crippen MR) is 59.7 cm³/mol. The van der Waals surface area contributed by atoms with Gasteiger partial charge in [0.05, 0.1) is 13.2 Å². The molecule has 0 fully saturated rings. The van der Waals surface area contributed by atoms with Crippen molar-refractivity contribution in [3.05, 3.63) is 22.7 Å². The van der Waals surface area contributed by atoms with E-state index < -0.39 is 6.10 Å². The average Bonchev–Trinajstić information content (AvgIpc) is 2.18. The Morgan fingerprint density at radius 2 is 2.13 bits per heavy atom. The number of ether oxygens (including phenoxy) is 1. The van der Waals surface area contributed by atoms with E-state index >= 15 is 0 Å². The van der Waals surface area contributed by atoms with Crippen LogP contribution in [0, 0.1) is 0 Å². The van der Waals surface area contributed by atoms with E-state index in [1.165, 1.54) is 7.11 Å². The van der Waals surface area contributed by atoms with Crippen LogP contribution in [0.4, 0.5) is 0 Å². The first-order valence-electron chi connectivity index (χ1n) is 4.78. The van der Waals surface area contributed by atoms with Crippen molar-refractivity contribution in [2.75, 3.05) is 7.11 Å². The van der Waals surface area contributed by atoms with Gasteiger partial charge in [-0.25, -0.2) is 0 Å². The van der Waals surface area contributed by atoms with E-state index in [4.69, 9.17) is 21.4 Å². The summed E-state index contributed by atoms with van der Waals surface area (Å²) < 4.78 is 4.98. The van der Waals surface area contributed by atoms with Gasteiger partial charge in [0.15, 0.2) is 11.5 Å². The van der Waals surface area contributed by atoms with Crippen LogP contribution in [0.1, 0.15) is 18.9 Å². The smallest absolute Gasteiger partial charge is 0.162 e. The molecule has 1 rings (SSSR count). The summed E-state index contributed by atoms with van der Waals surface area (Å²) in [6.45, 7) is 1.71. The number of aliphatic hydroxyl groups is 1. The fourth-order valence-electron chi connectivity index (χ4n) is 1.34. The molecule has 15 heavy (non-hydrogen) atoms. The first kappa shape index (κ1) is 12.1. The van der Waals surface area contributed by atoms with E-state index in [1.54, 1.807) is 19.1 Å². The van der Waals surface area contributed by atoms with E-state index in [1.807, 2.05) is 0 Å². The maximum atomic E-state index is 9.76. The second kappa shape index (κ2) is 5.24. The SMILES string of the molecule is COc1cc(Cl)cc(CC[C@@H](C)O)c1O. The van der Waals surface area contributed by atoms with E-state index in [9.17, 15) is 5.11 Å². The maximum absolute atomic E-state index is 9.76. The molecule has 3 nitrogen and oxygen atoms in total. The molecule has 4 heteroatoms. The van der Waals surface area contributed by atoms with E-state index in [0.717, 1.165) is 0 Å². The lowest BCUT2D eigenvalue weighted by molar-refractivity contribution is 0.184. The van der Waals surface area contributed by atoms with Crippen LogP contribution in [0.25, 0.3) is 0 Å². The molecule has 0 aliphatic carbocycles. The molecule has 0 radical (unpaired) electrons. The van der Waals surface area contributed by atoms with Crippen LogP contribution in [0.2, 0.25) is 5.02 Å². The topological polar surface area (TPSA) is 49.7 Å². The summed E-state index contributed by atoms with van der Waals surface area (Å²) in [7, 11) is 1.48. The van der Waals surface area contributed by atoms with Crippen LogP contribution in [0.5, 0.6) is 11.5 Å². The molecule has 0 amide bonds. The zero-order valence-electron chi connectivity index (χ0n) is 8.83. The van der Waals surface area contributed by atoms with Crippen LogP contribution in [-0.2, 0) is 6.42 Å². The van der Waals surface area contributed by atoms with Gasteiger partial charge in [0.1, 0.15) is 0 Å². The van der Waals surface area contributed by atoms with Crippen molar-refractivity contribution >= 4 is 11.6 Å². The molecule has 1 aromatic rings. The largest absolute Gasteiger partial charge is 0.504 e. The summed E-state index contributed by atoms with van der Waals surface area (Å²) in [5.41, 5.74) is 0.695. The Morgan fingerprint density at radius 1 is 1.47 bits per heavy atom. The number of aliphatic hydroxyl groups excluding tert-OH is 1. The fraction of sp³-hybridized carbons (Fsp3) is 0.455. The number of phenols is 1. The highest BCUT2D eigenvalue weighted by Gasteiger charge is 2.10. The van der Waals surface area contributed by atoms with Crippen LogP contribution >= 0.6 is 11.6 Å². The van der Waals surface area contributed by atoms with Crippen LogP contribution < -0.4 is 4.74 Å². The Kier molecular flexibility index (Phi) is 4.24. The molecule has 0 aromatic heterocycles. The third-order valence-electron chi connectivity index (χ3n) is 2.17. The van der Waals surface area contributed by atoms with Gasteiger partial charge in [-0.2, -0.15) is 0 Å². The summed E-state index contributed by atoms with van der Waals surface area (Å²) >= 11 is 5.86. The first-order valence-corrected chi connectivity index (χ1v) is 5.15. The standard InChI is InChI=1S/C11H15ClO3/c1-7(13)3-4-8-5-9(12)6-10(15-2)11(8)14/h5-7,13-14H,3-4H2,1-2H3/t7-/m1/s1. The molecule has 0 unspecified atom stereocenters. The second-order valence-corrected chi connectivity index (χ2v) is 3.94. The molecule has 2 N–H and O–H groups in total. The van der Waals surface area contributed by atoms with E-state index in [-0.39, 0.29) is 5.75 Å². The lowest BCUT2D eigenvalue weighted by Gasteiger charge is -2.10. The highest BCUT2D eigenvalue weighted by Crippen LogP contribution is 2.34. The lowest BCUT2D eigenvalue weighted by Crippen LogP contribution is -2.02. The highest BCUT2D eigenvalue weighted by atomic mass is 35.5. The number of aromatic hydroxyl groups is 1. The number of hydrogen-bond acceptors (Lipinski definition) is 3. The normalized spacial score (nSPS) is 12.5. The molecule has 0 heterocycles. The zero-order valence-corrected chi connectivity index (χ0v) is 9.58. The second-order valence-electron chi connectivity index (χ2n) is 3.50. The van der Waals surface area contributed by atoms with Crippen molar-refractivity contribution < 1.29 is 14.9 Å². The Bertz CT molecular complexity index is 337. The minimum Gasteiger partial charge on any atom is -0.504 e. The van der Waals surface area contributed by atoms with Gasteiger partial charge in [0.2, 0.25) is 0 Å². The Balaban J connectivity index is 2.91. The van der Waals surface area contributed by atoms with Crippen molar-refractivity contribution in [1.29, 1.82) is 0 Å². The molecule has 0 saturated carbocycles. The Hall–Kier alpha value is -0.930. The van der Waals surface area contributed by atoms with Crippen molar-refractivity contribution in [2.24, 2.45) is 0 Å². The van der Waals surface area contributed by atoms with Crippen molar-refractivity contribution in [1.82, 2.24) is 0 Å². The summed E-state index contributed by atoms with van der Waals surface area (Å²) in [4.78, 5) is 0. The number of rotatable bonds is 4. The third kappa shape index (κ3) is 3.29. The van der Waals surface area contributed by atoms with Gasteiger partial charge in [-0.1, -0.05) is 11.6 Å². The molecule has 0 aliphatic rings. The summed E-state index contributed by atoms with van der Waals surface area (Å²) in [5, 5.41) is 19.4. The quantitative estimate of drug-likeness (QED) is 0.835. The minimum absolute atomic E-state index is 0.0996. The van der Waals surface area contributed by atoms with Crippen molar-refractivity contribution in [2.45, 2.75) is 25.9 Å². The zero-order chi connectivity index (χ0) is 11.4. The van der Waals surface area contributed by atoms with Crippen LogP contribution in [-0.4, -0.2) is 23.4 Å². The summed E-state index contributed by atoms with van der Waals surface area (Å²) in [6.07, 6.45) is 0.756. The van der Waals surface area contributed by atoms with Crippen molar-refractivity contribution in [3.8, 4) is 11.5 Å².